The molecule has 2 nitrogen and oxygen atoms in total. The molecule has 0 heterocycles. The van der Waals surface area contributed by atoms with E-state index in [4.69, 9.17) is 5.21 Å². The summed E-state index contributed by atoms with van der Waals surface area (Å²) < 4.78 is 0. The zero-order valence-electron chi connectivity index (χ0n) is 2.79. The molecule has 0 saturated carbocycles. The molecule has 5 heavy (non-hydrogen) atoms. The van der Waals surface area contributed by atoms with Crippen molar-refractivity contribution in [3.63, 3.8) is 0 Å². The van der Waals surface area contributed by atoms with Gasteiger partial charge in [-0.15, -0.1) is 5.16 Å². The number of hydrogen-bond donors (Lipinski definition) is 1. The molecule has 3 heteroatoms. The summed E-state index contributed by atoms with van der Waals surface area (Å²) in [4.78, 5) is 0. The predicted molar refractivity (Wildman–Crippen MR) is 16.0 cm³/mol. The van der Waals surface area contributed by atoms with Crippen LogP contribution in [0.5, 0.6) is 0 Å². The van der Waals surface area contributed by atoms with Crippen LogP contribution in [0.25, 0.3) is 0 Å². The molecular weight excluding hydrogens is 113 g/mol. The minimum absolute atomic E-state index is 0. The van der Waals surface area contributed by atoms with Crippen LogP contribution in [0, 0.1) is 0 Å². The first-order valence-corrected chi connectivity index (χ1v) is 1.04. The van der Waals surface area contributed by atoms with Crippen molar-refractivity contribution in [2.24, 2.45) is 5.16 Å². The fourth-order valence-electron chi connectivity index (χ4n) is 0. The molecule has 0 aliphatic carbocycles. The molecule has 1 N–H and O–H groups in total. The smallest absolute Gasteiger partial charge is 0.0404 e. The summed E-state index contributed by atoms with van der Waals surface area (Å²) in [6.07, 6.45) is 1.31. The Kier molecular flexibility index (Phi) is 16.0. The van der Waals surface area contributed by atoms with Gasteiger partial charge in [0, 0.05) is 22.7 Å². The van der Waals surface area contributed by atoms with Crippen LogP contribution >= 0.6 is 0 Å². The Bertz CT molecular complexity index is 24.8. The van der Waals surface area contributed by atoms with Crippen molar-refractivity contribution in [2.45, 2.75) is 6.92 Å². The summed E-state index contributed by atoms with van der Waals surface area (Å²) in [5, 5.41) is 10.1. The van der Waals surface area contributed by atoms with Crippen LogP contribution < -0.4 is 0 Å². The molecule has 0 saturated heterocycles. The fourth-order valence-corrected chi connectivity index (χ4v) is 0. The van der Waals surface area contributed by atoms with Crippen LogP contribution in [0.3, 0.4) is 0 Å². The second-order valence-electron chi connectivity index (χ2n) is 0.374. The Morgan fingerprint density at radius 1 is 1.80 bits per heavy atom. The molecule has 0 amide bonds. The molecule has 0 rings (SSSR count). The number of hydrogen-bond acceptors (Lipinski definition) is 2. The van der Waals surface area contributed by atoms with Gasteiger partial charge >= 0.3 is 0 Å². The Hall–Kier alpha value is -0.0365. The van der Waals surface area contributed by atoms with Crippen LogP contribution in [0.2, 0.25) is 0 Å². The normalized spacial score (nSPS) is 7.40. The van der Waals surface area contributed by atoms with Crippen LogP contribution in [-0.2, 0) is 16.5 Å². The van der Waals surface area contributed by atoms with E-state index in [1.54, 1.807) is 6.92 Å². The van der Waals surface area contributed by atoms with Crippen LogP contribution in [0.4, 0.5) is 0 Å². The SMILES string of the molecule is CC=NO.[Ni]. The van der Waals surface area contributed by atoms with Gasteiger partial charge in [-0.25, -0.2) is 0 Å². The Morgan fingerprint density at radius 3 is 2.00 bits per heavy atom. The van der Waals surface area contributed by atoms with E-state index in [0.717, 1.165) is 0 Å². The average molecular weight is 118 g/mol. The van der Waals surface area contributed by atoms with E-state index in [9.17, 15) is 0 Å². The molecule has 0 aliphatic heterocycles. The molecule has 0 aromatic rings. The number of oxime groups is 1. The molecule has 0 bridgehead atoms. The van der Waals surface area contributed by atoms with Gasteiger partial charge in [0.15, 0.2) is 0 Å². The minimum atomic E-state index is 0. The molecule has 0 spiro atoms. The molecule has 0 aromatic heterocycles. The number of nitrogens with zero attached hydrogens (tertiary/aromatic N) is 1. The van der Waals surface area contributed by atoms with E-state index in [1.165, 1.54) is 6.21 Å². The van der Waals surface area contributed by atoms with Crippen molar-refractivity contribution >= 4 is 6.21 Å². The van der Waals surface area contributed by atoms with Gasteiger partial charge in [-0.2, -0.15) is 0 Å². The average Bonchev–Trinajstić information content (AvgIpc) is 1.37. The maximum atomic E-state index is 7.44. The number of rotatable bonds is 0. The minimum Gasteiger partial charge on any atom is -0.411 e. The standard InChI is InChI=1S/C2H5NO.Ni/c1-2-3-4;/h2,4H,1H3;. The maximum absolute atomic E-state index is 7.44. The monoisotopic (exact) mass is 117 g/mol. The first-order chi connectivity index (χ1) is 1.91. The molecule has 34 valence electrons. The van der Waals surface area contributed by atoms with Gasteiger partial charge in [-0.3, -0.25) is 0 Å². The van der Waals surface area contributed by atoms with Crippen LogP contribution in [0.1, 0.15) is 6.92 Å². The van der Waals surface area contributed by atoms with Gasteiger partial charge in [-0.05, 0) is 6.92 Å². The zero-order valence-corrected chi connectivity index (χ0v) is 3.78. The Labute approximate surface area is 40.8 Å². The second-order valence-corrected chi connectivity index (χ2v) is 0.374. The van der Waals surface area contributed by atoms with Crippen molar-refractivity contribution in [2.75, 3.05) is 0 Å². The van der Waals surface area contributed by atoms with E-state index in [2.05, 4.69) is 5.16 Å². The predicted octanol–water partition coefficient (Wildman–Crippen LogP) is 0.464. The Balaban J connectivity index is 0. The van der Waals surface area contributed by atoms with E-state index >= 15 is 0 Å². The van der Waals surface area contributed by atoms with E-state index in [1.807, 2.05) is 0 Å². The van der Waals surface area contributed by atoms with Gasteiger partial charge in [-0.1, -0.05) is 0 Å². The third kappa shape index (κ3) is 16.5. The summed E-state index contributed by atoms with van der Waals surface area (Å²) in [6.45, 7) is 1.64. The molecule has 0 fully saturated rings. The molecular formula is C2H5NNiO. The zero-order chi connectivity index (χ0) is 3.41. The first-order valence-electron chi connectivity index (χ1n) is 1.04. The maximum Gasteiger partial charge on any atom is 0.0404 e. The van der Waals surface area contributed by atoms with Crippen molar-refractivity contribution in [3.05, 3.63) is 0 Å². The summed E-state index contributed by atoms with van der Waals surface area (Å²) >= 11 is 0. The van der Waals surface area contributed by atoms with E-state index in [0.29, 0.717) is 0 Å². The largest absolute Gasteiger partial charge is 0.411 e. The van der Waals surface area contributed by atoms with Gasteiger partial charge in [0.05, 0.1) is 0 Å². The molecule has 0 aliphatic rings. The van der Waals surface area contributed by atoms with Crippen molar-refractivity contribution in [3.8, 4) is 0 Å². The molecule has 0 unspecified atom stereocenters. The summed E-state index contributed by atoms with van der Waals surface area (Å²) in [7, 11) is 0. The second kappa shape index (κ2) is 9.03. The molecule has 0 aromatic carbocycles. The van der Waals surface area contributed by atoms with Gasteiger partial charge in [0.1, 0.15) is 0 Å². The van der Waals surface area contributed by atoms with Crippen molar-refractivity contribution in [1.29, 1.82) is 0 Å². The summed E-state index contributed by atoms with van der Waals surface area (Å²) in [5.41, 5.74) is 0. The molecule has 0 atom stereocenters. The third-order valence-corrected chi connectivity index (χ3v) is 0.115. The van der Waals surface area contributed by atoms with Gasteiger partial charge < -0.3 is 5.21 Å². The quantitative estimate of drug-likeness (QED) is 0.213. The van der Waals surface area contributed by atoms with E-state index < -0.39 is 0 Å². The topological polar surface area (TPSA) is 32.6 Å². The van der Waals surface area contributed by atoms with Crippen LogP contribution in [-0.4, -0.2) is 11.4 Å². The first kappa shape index (κ1) is 8.88. The molecule has 0 radical (unpaired) electrons. The summed E-state index contributed by atoms with van der Waals surface area (Å²) in [5.74, 6) is 0. The van der Waals surface area contributed by atoms with Gasteiger partial charge in [0.25, 0.3) is 0 Å². The van der Waals surface area contributed by atoms with Crippen LogP contribution in [0.15, 0.2) is 5.16 Å². The van der Waals surface area contributed by atoms with Crippen molar-refractivity contribution < 1.29 is 21.7 Å². The Morgan fingerprint density at radius 2 is 2.00 bits per heavy atom. The third-order valence-electron chi connectivity index (χ3n) is 0.115. The summed E-state index contributed by atoms with van der Waals surface area (Å²) in [6, 6.07) is 0. The van der Waals surface area contributed by atoms with Gasteiger partial charge in [0.2, 0.25) is 0 Å². The van der Waals surface area contributed by atoms with E-state index in [-0.39, 0.29) is 16.5 Å². The fraction of sp³-hybridized carbons (Fsp3) is 0.500. The van der Waals surface area contributed by atoms with Crippen molar-refractivity contribution in [1.82, 2.24) is 0 Å².